The van der Waals surface area contributed by atoms with Gasteiger partial charge in [-0.2, -0.15) is 0 Å². The van der Waals surface area contributed by atoms with Crippen LogP contribution in [0.2, 0.25) is 0 Å². The molecule has 1 aromatic carbocycles. The molecule has 0 amide bonds. The molecule has 0 spiro atoms. The Morgan fingerprint density at radius 1 is 1.10 bits per heavy atom. The predicted octanol–water partition coefficient (Wildman–Crippen LogP) is 2.87. The lowest BCUT2D eigenvalue weighted by atomic mass is 10.2. The minimum absolute atomic E-state index is 0.220. The van der Waals surface area contributed by atoms with Crippen molar-refractivity contribution in [1.29, 1.82) is 0 Å². The summed E-state index contributed by atoms with van der Waals surface area (Å²) in [5.74, 6) is 0.220. The summed E-state index contributed by atoms with van der Waals surface area (Å²) in [6.45, 7) is 0. The van der Waals surface area contributed by atoms with Gasteiger partial charge in [-0.1, -0.05) is 12.1 Å². The van der Waals surface area contributed by atoms with Crippen molar-refractivity contribution in [3.63, 3.8) is 0 Å². The summed E-state index contributed by atoms with van der Waals surface area (Å²) in [6, 6.07) is 6.46. The Kier molecular flexibility index (Phi) is 2.41. The van der Waals surface area contributed by atoms with Crippen LogP contribution in [-0.2, 0) is 0 Å². The van der Waals surface area contributed by atoms with E-state index in [1.165, 1.54) is 0 Å². The third-order valence-electron chi connectivity index (χ3n) is 1.15. The molecule has 0 fully saturated rings. The Morgan fingerprint density at radius 2 is 1.60 bits per heavy atom. The van der Waals surface area contributed by atoms with Gasteiger partial charge in [0.15, 0.2) is 0 Å². The second-order valence-corrected chi connectivity index (χ2v) is 2.99. The van der Waals surface area contributed by atoms with Crippen molar-refractivity contribution in [2.45, 2.75) is 4.84 Å². The maximum absolute atomic E-state index is 8.85. The van der Waals surface area contributed by atoms with Crippen LogP contribution in [0.25, 0.3) is 0 Å². The predicted molar refractivity (Wildman–Crippen MR) is 42.6 cm³/mol. The first-order chi connectivity index (χ1) is 4.70. The van der Waals surface area contributed by atoms with E-state index in [9.17, 15) is 0 Å². The van der Waals surface area contributed by atoms with Crippen molar-refractivity contribution in [1.82, 2.24) is 0 Å². The summed E-state index contributed by atoms with van der Waals surface area (Å²) < 4.78 is 0. The fourth-order valence-corrected chi connectivity index (χ4v) is 0.911. The van der Waals surface area contributed by atoms with Gasteiger partial charge in [-0.15, -0.1) is 23.2 Å². The highest BCUT2D eigenvalue weighted by atomic mass is 35.5. The Bertz CT molecular complexity index is 205. The molecule has 0 unspecified atom stereocenters. The summed E-state index contributed by atoms with van der Waals surface area (Å²) in [7, 11) is 0. The van der Waals surface area contributed by atoms with E-state index >= 15 is 0 Å². The second-order valence-electron chi connectivity index (χ2n) is 1.89. The molecular weight excluding hydrogens is 171 g/mol. The van der Waals surface area contributed by atoms with Gasteiger partial charge in [0.1, 0.15) is 10.6 Å². The van der Waals surface area contributed by atoms with E-state index in [-0.39, 0.29) is 5.75 Å². The van der Waals surface area contributed by atoms with Crippen LogP contribution in [0.1, 0.15) is 10.4 Å². The first-order valence-electron chi connectivity index (χ1n) is 2.77. The van der Waals surface area contributed by atoms with Crippen molar-refractivity contribution in [3.8, 4) is 5.75 Å². The summed E-state index contributed by atoms with van der Waals surface area (Å²) in [5.41, 5.74) is 0.793. The molecule has 0 aliphatic carbocycles. The highest BCUT2D eigenvalue weighted by molar-refractivity contribution is 6.44. The molecule has 0 aliphatic heterocycles. The SMILES string of the molecule is Oc1ccc(C(Cl)Cl)cc1. The third-order valence-corrected chi connectivity index (χ3v) is 1.65. The number of benzene rings is 1. The van der Waals surface area contributed by atoms with Gasteiger partial charge in [0.05, 0.1) is 0 Å². The Hall–Kier alpha value is -0.400. The van der Waals surface area contributed by atoms with Crippen LogP contribution < -0.4 is 0 Å². The number of hydrogen-bond acceptors (Lipinski definition) is 1. The maximum Gasteiger partial charge on any atom is 0.132 e. The summed E-state index contributed by atoms with van der Waals surface area (Å²) in [6.07, 6.45) is 0. The van der Waals surface area contributed by atoms with Gasteiger partial charge in [-0.25, -0.2) is 0 Å². The molecule has 0 aliphatic rings. The number of aromatic hydroxyl groups is 1. The van der Waals surface area contributed by atoms with Gasteiger partial charge in [0.2, 0.25) is 0 Å². The lowest BCUT2D eigenvalue weighted by Gasteiger charge is -1.99. The Morgan fingerprint density at radius 3 is 2.00 bits per heavy atom. The van der Waals surface area contributed by atoms with Gasteiger partial charge < -0.3 is 5.11 Å². The molecule has 3 heteroatoms. The maximum atomic E-state index is 8.85. The minimum Gasteiger partial charge on any atom is -0.508 e. The Balaban J connectivity index is 2.89. The fourth-order valence-electron chi connectivity index (χ4n) is 0.620. The molecule has 1 nitrogen and oxygen atoms in total. The topological polar surface area (TPSA) is 20.2 Å². The quantitative estimate of drug-likeness (QED) is 0.653. The largest absolute Gasteiger partial charge is 0.508 e. The van der Waals surface area contributed by atoms with E-state index in [4.69, 9.17) is 28.3 Å². The van der Waals surface area contributed by atoms with E-state index < -0.39 is 4.84 Å². The standard InChI is InChI=1S/C7H6Cl2O/c8-7(9)5-1-3-6(10)4-2-5/h1-4,7,10H. The van der Waals surface area contributed by atoms with Gasteiger partial charge >= 0.3 is 0 Å². The minimum atomic E-state index is -0.513. The lowest BCUT2D eigenvalue weighted by molar-refractivity contribution is 0.475. The van der Waals surface area contributed by atoms with Crippen LogP contribution in [0.5, 0.6) is 5.75 Å². The Labute approximate surface area is 69.2 Å². The van der Waals surface area contributed by atoms with Crippen LogP contribution in [0.3, 0.4) is 0 Å². The number of alkyl halides is 2. The number of halogens is 2. The van der Waals surface area contributed by atoms with Crippen molar-refractivity contribution < 1.29 is 5.11 Å². The van der Waals surface area contributed by atoms with Crippen molar-refractivity contribution in [2.24, 2.45) is 0 Å². The monoisotopic (exact) mass is 176 g/mol. The van der Waals surface area contributed by atoms with E-state index in [0.717, 1.165) is 5.56 Å². The average molecular weight is 177 g/mol. The van der Waals surface area contributed by atoms with Crippen molar-refractivity contribution >= 4 is 23.2 Å². The molecule has 0 bridgehead atoms. The van der Waals surface area contributed by atoms with E-state index in [1.54, 1.807) is 24.3 Å². The molecule has 1 aromatic rings. The highest BCUT2D eigenvalue weighted by Gasteiger charge is 2.00. The molecule has 54 valence electrons. The molecule has 1 rings (SSSR count). The fraction of sp³-hybridized carbons (Fsp3) is 0.143. The summed E-state index contributed by atoms with van der Waals surface area (Å²) in [5, 5.41) is 8.85. The van der Waals surface area contributed by atoms with E-state index in [0.29, 0.717) is 0 Å². The van der Waals surface area contributed by atoms with Crippen molar-refractivity contribution in [2.75, 3.05) is 0 Å². The van der Waals surface area contributed by atoms with Crippen LogP contribution in [0.4, 0.5) is 0 Å². The van der Waals surface area contributed by atoms with Crippen LogP contribution in [0.15, 0.2) is 24.3 Å². The van der Waals surface area contributed by atoms with Gasteiger partial charge in [0, 0.05) is 0 Å². The second kappa shape index (κ2) is 3.13. The van der Waals surface area contributed by atoms with Gasteiger partial charge in [-0.3, -0.25) is 0 Å². The number of phenolic OH excluding ortho intramolecular Hbond substituents is 1. The lowest BCUT2D eigenvalue weighted by Crippen LogP contribution is -1.78. The summed E-state index contributed by atoms with van der Waals surface area (Å²) >= 11 is 11.1. The van der Waals surface area contributed by atoms with Crippen LogP contribution >= 0.6 is 23.2 Å². The van der Waals surface area contributed by atoms with E-state index in [1.807, 2.05) is 0 Å². The average Bonchev–Trinajstić information content (AvgIpc) is 1.88. The van der Waals surface area contributed by atoms with Crippen molar-refractivity contribution in [3.05, 3.63) is 29.8 Å². The number of hydrogen-bond donors (Lipinski definition) is 1. The number of rotatable bonds is 1. The first kappa shape index (κ1) is 7.70. The molecule has 0 atom stereocenters. The summed E-state index contributed by atoms with van der Waals surface area (Å²) in [4.78, 5) is -0.513. The normalized spacial score (nSPS) is 10.3. The molecule has 1 N–H and O–H groups in total. The number of phenols is 1. The van der Waals surface area contributed by atoms with Gasteiger partial charge in [0.25, 0.3) is 0 Å². The molecule has 0 heterocycles. The first-order valence-corrected chi connectivity index (χ1v) is 3.64. The third kappa shape index (κ3) is 1.79. The van der Waals surface area contributed by atoms with Crippen LogP contribution in [-0.4, -0.2) is 5.11 Å². The molecule has 0 aromatic heterocycles. The molecule has 0 saturated heterocycles. The van der Waals surface area contributed by atoms with Gasteiger partial charge in [-0.05, 0) is 17.7 Å². The molecule has 0 saturated carbocycles. The zero-order valence-electron chi connectivity index (χ0n) is 5.09. The zero-order chi connectivity index (χ0) is 7.56. The highest BCUT2D eigenvalue weighted by Crippen LogP contribution is 2.25. The van der Waals surface area contributed by atoms with Crippen LogP contribution in [0, 0.1) is 0 Å². The molecular formula is C7H6Cl2O. The zero-order valence-corrected chi connectivity index (χ0v) is 6.60. The van der Waals surface area contributed by atoms with E-state index in [2.05, 4.69) is 0 Å². The smallest absolute Gasteiger partial charge is 0.132 e. The molecule has 10 heavy (non-hydrogen) atoms. The molecule has 0 radical (unpaired) electrons.